The zero-order chi connectivity index (χ0) is 20.2. The van der Waals surface area contributed by atoms with Crippen molar-refractivity contribution in [2.75, 3.05) is 13.2 Å². The summed E-state index contributed by atoms with van der Waals surface area (Å²) in [5.74, 6) is 0. The summed E-state index contributed by atoms with van der Waals surface area (Å²) in [7, 11) is 0. The monoisotopic (exact) mass is 396 g/mol. The van der Waals surface area contributed by atoms with Crippen LogP contribution in [0.5, 0.6) is 0 Å². The number of hydrogen-bond acceptors (Lipinski definition) is 4. The van der Waals surface area contributed by atoms with Crippen molar-refractivity contribution in [1.82, 2.24) is 0 Å². The van der Waals surface area contributed by atoms with E-state index < -0.39 is 6.10 Å². The van der Waals surface area contributed by atoms with E-state index in [1.165, 1.54) is 0 Å². The minimum Gasteiger partial charge on any atom is -0.388 e. The van der Waals surface area contributed by atoms with Gasteiger partial charge in [-0.2, -0.15) is 0 Å². The van der Waals surface area contributed by atoms with Gasteiger partial charge in [0.25, 0.3) is 0 Å². The molecule has 0 radical (unpaired) electrons. The number of allylic oxidation sites excluding steroid dienone is 1. The topological polar surface area (TPSA) is 47.9 Å². The van der Waals surface area contributed by atoms with Crippen LogP contribution < -0.4 is 0 Å². The molecule has 29 heavy (non-hydrogen) atoms. The normalized spacial score (nSPS) is 22.2. The van der Waals surface area contributed by atoms with Crippen molar-refractivity contribution in [3.63, 3.8) is 0 Å². The highest BCUT2D eigenvalue weighted by Crippen LogP contribution is 2.18. The fourth-order valence-electron chi connectivity index (χ4n) is 3.41. The van der Waals surface area contributed by atoms with Crippen LogP contribution in [0.3, 0.4) is 0 Å². The SMILES string of the molecule is O[C@@H](COCc1ccccc1)[C@@H]1C/C=C\CCC[C@@H](COCc2ccccc2)O1. The van der Waals surface area contributed by atoms with Crippen LogP contribution in [0, 0.1) is 0 Å². The molecule has 1 N–H and O–H groups in total. The largest absolute Gasteiger partial charge is 0.388 e. The molecule has 3 atom stereocenters. The standard InChI is InChI=1S/C25H32O4/c26-24(20-28-18-22-13-7-4-8-14-22)25-16-10-2-1-9-15-23(29-25)19-27-17-21-11-5-3-6-12-21/h2-8,10-14,23-26H,1,9,15-20H2/b10-2-/t23-,24-,25-/m0/s1. The number of hydrogen-bond donors (Lipinski definition) is 1. The molecule has 0 bridgehead atoms. The van der Waals surface area contributed by atoms with Crippen LogP contribution in [0.25, 0.3) is 0 Å². The Bertz CT molecular complexity index is 701. The lowest BCUT2D eigenvalue weighted by molar-refractivity contribution is -0.121. The summed E-state index contributed by atoms with van der Waals surface area (Å²) < 4.78 is 17.9. The lowest BCUT2D eigenvalue weighted by Crippen LogP contribution is -2.37. The van der Waals surface area contributed by atoms with E-state index in [9.17, 15) is 5.11 Å². The van der Waals surface area contributed by atoms with E-state index in [0.29, 0.717) is 26.2 Å². The quantitative estimate of drug-likeness (QED) is 0.626. The molecule has 0 aliphatic carbocycles. The van der Waals surface area contributed by atoms with Crippen molar-refractivity contribution in [2.45, 2.75) is 57.2 Å². The molecule has 2 aromatic rings. The lowest BCUT2D eigenvalue weighted by Gasteiger charge is -2.27. The summed E-state index contributed by atoms with van der Waals surface area (Å²) in [6, 6.07) is 20.2. The molecule has 0 spiro atoms. The Kier molecular flexibility index (Phi) is 9.40. The van der Waals surface area contributed by atoms with Gasteiger partial charge in [-0.05, 0) is 36.8 Å². The minimum atomic E-state index is -0.668. The third-order valence-corrected chi connectivity index (χ3v) is 5.04. The van der Waals surface area contributed by atoms with Crippen molar-refractivity contribution >= 4 is 0 Å². The van der Waals surface area contributed by atoms with Gasteiger partial charge in [-0.15, -0.1) is 0 Å². The molecule has 156 valence electrons. The Hall–Kier alpha value is -1.98. The zero-order valence-electron chi connectivity index (χ0n) is 17.0. The zero-order valence-corrected chi connectivity index (χ0v) is 17.0. The molecular formula is C25H32O4. The predicted molar refractivity (Wildman–Crippen MR) is 114 cm³/mol. The highest BCUT2D eigenvalue weighted by atomic mass is 16.5. The molecule has 4 heteroatoms. The Morgan fingerprint density at radius 1 is 0.897 bits per heavy atom. The summed E-state index contributed by atoms with van der Waals surface area (Å²) in [6.07, 6.45) is 7.02. The van der Waals surface area contributed by atoms with E-state index in [1.54, 1.807) is 0 Å². The van der Waals surface area contributed by atoms with Gasteiger partial charge in [-0.1, -0.05) is 72.8 Å². The van der Waals surface area contributed by atoms with Gasteiger partial charge in [0.1, 0.15) is 6.10 Å². The second kappa shape index (κ2) is 12.6. The molecule has 3 rings (SSSR count). The molecule has 0 fully saturated rings. The number of ether oxygens (including phenoxy) is 3. The molecule has 1 aliphatic heterocycles. The lowest BCUT2D eigenvalue weighted by atomic mass is 10.1. The van der Waals surface area contributed by atoms with Gasteiger partial charge in [0, 0.05) is 0 Å². The first-order valence-electron chi connectivity index (χ1n) is 10.5. The third kappa shape index (κ3) is 8.11. The third-order valence-electron chi connectivity index (χ3n) is 5.04. The molecule has 0 amide bonds. The fraction of sp³-hybridized carbons (Fsp3) is 0.440. The maximum Gasteiger partial charge on any atom is 0.104 e. The van der Waals surface area contributed by atoms with Gasteiger partial charge in [-0.25, -0.2) is 0 Å². The summed E-state index contributed by atoms with van der Waals surface area (Å²) in [4.78, 5) is 0. The van der Waals surface area contributed by atoms with E-state index in [1.807, 2.05) is 48.5 Å². The Morgan fingerprint density at radius 2 is 1.55 bits per heavy atom. The molecule has 2 aromatic carbocycles. The molecule has 0 saturated heterocycles. The van der Waals surface area contributed by atoms with E-state index in [2.05, 4.69) is 24.3 Å². The molecule has 0 unspecified atom stereocenters. The summed E-state index contributed by atoms with van der Waals surface area (Å²) in [5, 5.41) is 10.7. The fourth-order valence-corrected chi connectivity index (χ4v) is 3.41. The number of rotatable bonds is 9. The van der Waals surface area contributed by atoms with Crippen LogP contribution >= 0.6 is 0 Å². The molecule has 0 aromatic heterocycles. The number of benzene rings is 2. The van der Waals surface area contributed by atoms with Gasteiger partial charge in [0.15, 0.2) is 0 Å². The van der Waals surface area contributed by atoms with Crippen molar-refractivity contribution in [1.29, 1.82) is 0 Å². The summed E-state index contributed by atoms with van der Waals surface area (Å²) >= 11 is 0. The van der Waals surface area contributed by atoms with Gasteiger partial charge in [-0.3, -0.25) is 0 Å². The second-order valence-electron chi connectivity index (χ2n) is 7.50. The average molecular weight is 397 g/mol. The van der Waals surface area contributed by atoms with Crippen molar-refractivity contribution in [2.24, 2.45) is 0 Å². The first kappa shape index (κ1) is 21.7. The first-order valence-corrected chi connectivity index (χ1v) is 10.5. The minimum absolute atomic E-state index is 0.0209. The summed E-state index contributed by atoms with van der Waals surface area (Å²) in [5.41, 5.74) is 2.25. The van der Waals surface area contributed by atoms with Gasteiger partial charge in [0.2, 0.25) is 0 Å². The molecule has 4 nitrogen and oxygen atoms in total. The number of aliphatic hydroxyl groups excluding tert-OH is 1. The Balaban J connectivity index is 1.47. The number of aliphatic hydroxyl groups is 1. The average Bonchev–Trinajstić information content (AvgIpc) is 2.87. The van der Waals surface area contributed by atoms with Crippen LogP contribution in [0.1, 0.15) is 36.8 Å². The van der Waals surface area contributed by atoms with Gasteiger partial charge >= 0.3 is 0 Å². The predicted octanol–water partition coefficient (Wildman–Crippen LogP) is 4.66. The molecular weight excluding hydrogens is 364 g/mol. The maximum atomic E-state index is 10.7. The molecule has 0 saturated carbocycles. The van der Waals surface area contributed by atoms with Crippen LogP contribution in [0.2, 0.25) is 0 Å². The van der Waals surface area contributed by atoms with E-state index in [4.69, 9.17) is 14.2 Å². The van der Waals surface area contributed by atoms with Crippen molar-refractivity contribution in [3.8, 4) is 0 Å². The van der Waals surface area contributed by atoms with Crippen LogP contribution in [0.4, 0.5) is 0 Å². The van der Waals surface area contributed by atoms with Crippen LogP contribution in [-0.2, 0) is 27.4 Å². The van der Waals surface area contributed by atoms with Crippen LogP contribution in [0.15, 0.2) is 72.8 Å². The Morgan fingerprint density at radius 3 is 2.24 bits per heavy atom. The molecule has 1 aliphatic rings. The molecule has 1 heterocycles. The smallest absolute Gasteiger partial charge is 0.104 e. The van der Waals surface area contributed by atoms with E-state index >= 15 is 0 Å². The first-order chi connectivity index (χ1) is 14.3. The maximum absolute atomic E-state index is 10.7. The highest BCUT2D eigenvalue weighted by Gasteiger charge is 2.24. The van der Waals surface area contributed by atoms with Crippen LogP contribution in [-0.4, -0.2) is 36.6 Å². The van der Waals surface area contributed by atoms with E-state index in [-0.39, 0.29) is 18.8 Å². The second-order valence-corrected chi connectivity index (χ2v) is 7.50. The summed E-state index contributed by atoms with van der Waals surface area (Å²) in [6.45, 7) is 1.85. The van der Waals surface area contributed by atoms with Gasteiger partial charge in [0.05, 0.1) is 38.6 Å². The van der Waals surface area contributed by atoms with Gasteiger partial charge < -0.3 is 19.3 Å². The van der Waals surface area contributed by atoms with E-state index in [0.717, 1.165) is 30.4 Å². The van der Waals surface area contributed by atoms with Crippen molar-refractivity contribution < 1.29 is 19.3 Å². The highest BCUT2D eigenvalue weighted by molar-refractivity contribution is 5.14. The van der Waals surface area contributed by atoms with Crippen molar-refractivity contribution in [3.05, 3.63) is 83.9 Å². The Labute approximate surface area is 174 Å².